The highest BCUT2D eigenvalue weighted by Crippen LogP contribution is 2.21. The van der Waals surface area contributed by atoms with Gasteiger partial charge in [0.2, 0.25) is 0 Å². The molecule has 0 spiro atoms. The molecule has 7 nitrogen and oxygen atoms in total. The van der Waals surface area contributed by atoms with E-state index < -0.39 is 0 Å². The Bertz CT molecular complexity index is 993. The molecule has 0 bridgehead atoms. The fourth-order valence-electron chi connectivity index (χ4n) is 2.53. The zero-order valence-electron chi connectivity index (χ0n) is 15.7. The quantitative estimate of drug-likeness (QED) is 0.649. The van der Waals surface area contributed by atoms with E-state index in [9.17, 15) is 0 Å². The van der Waals surface area contributed by atoms with Gasteiger partial charge in [0.25, 0.3) is 0 Å². The molecular weight excluding hydrogens is 338 g/mol. The number of nitrogens with two attached hydrogens (primary N) is 1. The third-order valence-electron chi connectivity index (χ3n) is 4.06. The summed E-state index contributed by atoms with van der Waals surface area (Å²) >= 11 is 0. The van der Waals surface area contributed by atoms with Crippen LogP contribution in [-0.4, -0.2) is 32.9 Å². The first-order chi connectivity index (χ1) is 13.1. The van der Waals surface area contributed by atoms with Crippen molar-refractivity contribution in [3.63, 3.8) is 0 Å². The van der Waals surface area contributed by atoms with Gasteiger partial charge in [-0.25, -0.2) is 4.98 Å². The van der Waals surface area contributed by atoms with Crippen molar-refractivity contribution >= 4 is 34.5 Å². The normalized spacial score (nSPS) is 12.2. The number of aromatic nitrogens is 4. The van der Waals surface area contributed by atoms with E-state index in [0.717, 1.165) is 27.7 Å². The van der Waals surface area contributed by atoms with Crippen LogP contribution < -0.4 is 11.1 Å². The predicted molar refractivity (Wildman–Crippen MR) is 110 cm³/mol. The number of fused-ring (bicyclic) bond motifs is 1. The van der Waals surface area contributed by atoms with Crippen molar-refractivity contribution in [2.75, 3.05) is 11.9 Å². The summed E-state index contributed by atoms with van der Waals surface area (Å²) in [5.74, 6) is 1.72. The van der Waals surface area contributed by atoms with Gasteiger partial charge in [-0.1, -0.05) is 13.8 Å². The molecule has 138 valence electrons. The van der Waals surface area contributed by atoms with Crippen molar-refractivity contribution < 1.29 is 0 Å². The van der Waals surface area contributed by atoms with Crippen molar-refractivity contribution in [3.8, 4) is 0 Å². The Balaban J connectivity index is 1.92. The summed E-state index contributed by atoms with van der Waals surface area (Å²) in [4.78, 5) is 13.4. The Labute approximate surface area is 158 Å². The third-order valence-corrected chi connectivity index (χ3v) is 4.06. The second-order valence-electron chi connectivity index (χ2n) is 6.36. The lowest BCUT2D eigenvalue weighted by molar-refractivity contribution is 0.843. The molecule has 0 aliphatic carbocycles. The lowest BCUT2D eigenvalue weighted by Gasteiger charge is -2.09. The van der Waals surface area contributed by atoms with Crippen molar-refractivity contribution in [2.24, 2.45) is 10.7 Å². The first-order valence-corrected chi connectivity index (χ1v) is 8.89. The third kappa shape index (κ3) is 4.44. The van der Waals surface area contributed by atoms with Crippen LogP contribution in [0.5, 0.6) is 0 Å². The maximum absolute atomic E-state index is 5.73. The molecule has 3 rings (SSSR count). The zero-order valence-corrected chi connectivity index (χ0v) is 15.7. The van der Waals surface area contributed by atoms with Gasteiger partial charge in [-0.2, -0.15) is 5.10 Å². The number of pyridine rings is 2. The molecule has 3 N–H and O–H groups in total. The van der Waals surface area contributed by atoms with Gasteiger partial charge in [-0.15, -0.1) is 5.10 Å². The van der Waals surface area contributed by atoms with Crippen LogP contribution in [-0.2, 0) is 0 Å². The van der Waals surface area contributed by atoms with Gasteiger partial charge >= 0.3 is 0 Å². The molecule has 7 heteroatoms. The first kappa shape index (κ1) is 18.4. The number of anilines is 2. The molecule has 0 saturated carbocycles. The Morgan fingerprint density at radius 1 is 1.19 bits per heavy atom. The molecule has 0 aliphatic heterocycles. The van der Waals surface area contributed by atoms with Gasteiger partial charge in [0.1, 0.15) is 5.82 Å². The van der Waals surface area contributed by atoms with Crippen molar-refractivity contribution in [1.29, 1.82) is 0 Å². The second kappa shape index (κ2) is 8.35. The molecule has 0 saturated heterocycles. The molecule has 0 amide bonds. The maximum atomic E-state index is 5.73. The SMILES string of the molecule is CCN=CC(=CN)c1cnc2ccc(Nc3cc(C(C)C)cnn3)nc2c1. The molecule has 0 aliphatic rings. The average Bonchev–Trinajstić information content (AvgIpc) is 2.68. The predicted octanol–water partition coefficient (Wildman–Crippen LogP) is 3.68. The lowest BCUT2D eigenvalue weighted by atomic mass is 10.1. The van der Waals surface area contributed by atoms with Gasteiger partial charge in [0.05, 0.1) is 17.2 Å². The van der Waals surface area contributed by atoms with Gasteiger partial charge < -0.3 is 11.1 Å². The van der Waals surface area contributed by atoms with Crippen molar-refractivity contribution in [1.82, 2.24) is 20.2 Å². The minimum atomic E-state index is 0.378. The smallest absolute Gasteiger partial charge is 0.154 e. The summed E-state index contributed by atoms with van der Waals surface area (Å²) in [5, 5.41) is 11.4. The van der Waals surface area contributed by atoms with Crippen LogP contribution in [0.1, 0.15) is 37.8 Å². The van der Waals surface area contributed by atoms with E-state index in [1.54, 1.807) is 18.6 Å². The van der Waals surface area contributed by atoms with Gasteiger partial charge in [0.15, 0.2) is 5.82 Å². The van der Waals surface area contributed by atoms with E-state index >= 15 is 0 Å². The number of aliphatic imine (C=N–C) groups is 1. The summed E-state index contributed by atoms with van der Waals surface area (Å²) < 4.78 is 0. The number of allylic oxidation sites excluding steroid dienone is 1. The molecule has 0 fully saturated rings. The highest BCUT2D eigenvalue weighted by molar-refractivity contribution is 6.10. The minimum absolute atomic E-state index is 0.378. The van der Waals surface area contributed by atoms with Crippen LogP contribution in [0.25, 0.3) is 16.6 Å². The van der Waals surface area contributed by atoms with E-state index in [1.165, 1.54) is 6.20 Å². The minimum Gasteiger partial charge on any atom is -0.404 e. The molecular formula is C20H23N7. The Kier molecular flexibility index (Phi) is 5.71. The van der Waals surface area contributed by atoms with E-state index in [-0.39, 0.29) is 0 Å². The summed E-state index contributed by atoms with van der Waals surface area (Å²) in [6.45, 7) is 6.90. The summed E-state index contributed by atoms with van der Waals surface area (Å²) in [5.41, 5.74) is 10.1. The first-order valence-electron chi connectivity index (χ1n) is 8.89. The van der Waals surface area contributed by atoms with Gasteiger partial charge in [-0.3, -0.25) is 9.98 Å². The summed E-state index contributed by atoms with van der Waals surface area (Å²) in [7, 11) is 0. The van der Waals surface area contributed by atoms with Crippen LogP contribution in [0.4, 0.5) is 11.6 Å². The van der Waals surface area contributed by atoms with Crippen molar-refractivity contribution in [3.05, 3.63) is 54.0 Å². The number of rotatable bonds is 6. The van der Waals surface area contributed by atoms with E-state index in [1.807, 2.05) is 31.2 Å². The van der Waals surface area contributed by atoms with E-state index in [0.29, 0.717) is 24.1 Å². The Morgan fingerprint density at radius 3 is 2.78 bits per heavy atom. The second-order valence-corrected chi connectivity index (χ2v) is 6.36. The topological polar surface area (TPSA) is 102 Å². The fourth-order valence-corrected chi connectivity index (χ4v) is 2.53. The largest absolute Gasteiger partial charge is 0.404 e. The molecule has 27 heavy (non-hydrogen) atoms. The van der Waals surface area contributed by atoms with Crippen LogP contribution in [0.15, 0.2) is 47.9 Å². The monoisotopic (exact) mass is 361 g/mol. The number of nitrogens with zero attached hydrogens (tertiary/aromatic N) is 5. The fraction of sp³-hybridized carbons (Fsp3) is 0.250. The van der Waals surface area contributed by atoms with Crippen LogP contribution in [0.2, 0.25) is 0 Å². The molecule has 0 radical (unpaired) electrons. The van der Waals surface area contributed by atoms with Gasteiger partial charge in [0, 0.05) is 36.3 Å². The van der Waals surface area contributed by atoms with E-state index in [2.05, 4.69) is 44.3 Å². The van der Waals surface area contributed by atoms with Crippen molar-refractivity contribution in [2.45, 2.75) is 26.7 Å². The molecule has 3 heterocycles. The Hall–Kier alpha value is -3.35. The highest BCUT2D eigenvalue weighted by atomic mass is 15.2. The number of nitrogens with one attached hydrogen (secondary N) is 1. The standard InChI is InChI=1S/C20H23N7/c1-4-22-10-16(9-21)15-7-18-17(23-11-15)5-6-19(25-18)26-20-8-14(13(2)3)12-24-27-20/h5-13H,4,21H2,1-3H3,(H,25,26,27). The van der Waals surface area contributed by atoms with Gasteiger partial charge in [-0.05, 0) is 42.7 Å². The van der Waals surface area contributed by atoms with E-state index in [4.69, 9.17) is 5.73 Å². The molecule has 3 aromatic rings. The zero-order chi connectivity index (χ0) is 19.2. The lowest BCUT2D eigenvalue weighted by Crippen LogP contribution is -2.00. The molecule has 0 aromatic carbocycles. The highest BCUT2D eigenvalue weighted by Gasteiger charge is 2.07. The molecule has 0 unspecified atom stereocenters. The number of hydrogen-bond donors (Lipinski definition) is 2. The Morgan fingerprint density at radius 2 is 2.04 bits per heavy atom. The molecule has 0 atom stereocenters. The van der Waals surface area contributed by atoms with Crippen LogP contribution in [0.3, 0.4) is 0 Å². The van der Waals surface area contributed by atoms with Crippen LogP contribution >= 0.6 is 0 Å². The summed E-state index contributed by atoms with van der Waals surface area (Å²) in [6, 6.07) is 7.72. The molecule has 3 aromatic heterocycles. The summed E-state index contributed by atoms with van der Waals surface area (Å²) in [6.07, 6.45) is 6.82. The average molecular weight is 361 g/mol. The number of hydrogen-bond acceptors (Lipinski definition) is 7. The van der Waals surface area contributed by atoms with Crippen LogP contribution in [0, 0.1) is 0 Å². The maximum Gasteiger partial charge on any atom is 0.154 e.